The molecule has 0 atom stereocenters. The van der Waals surface area contributed by atoms with Crippen molar-refractivity contribution in [2.45, 2.75) is 65.7 Å². The molecule has 1 fully saturated rings. The third-order valence-electron chi connectivity index (χ3n) is 6.23. The van der Waals surface area contributed by atoms with Gasteiger partial charge in [0.05, 0.1) is 11.4 Å². The van der Waals surface area contributed by atoms with Gasteiger partial charge in [-0.05, 0) is 68.4 Å². The van der Waals surface area contributed by atoms with Crippen LogP contribution in [0.25, 0.3) is 22.3 Å². The second-order valence-corrected chi connectivity index (χ2v) is 8.97. The molecule has 4 nitrogen and oxygen atoms in total. The molecular weight excluding hydrogens is 380 g/mol. The van der Waals surface area contributed by atoms with Crippen LogP contribution in [0.5, 0.6) is 0 Å². The number of nitrogens with zero attached hydrogens (tertiary/aromatic N) is 4. The Hall–Kier alpha value is -2.75. The van der Waals surface area contributed by atoms with Crippen LogP contribution in [0, 0.1) is 6.92 Å². The maximum Gasteiger partial charge on any atom is 0.0637 e. The lowest BCUT2D eigenvalue weighted by Crippen LogP contribution is -2.30. The van der Waals surface area contributed by atoms with Crippen molar-refractivity contribution >= 4 is 5.69 Å². The average Bonchev–Trinajstić information content (AvgIpc) is 2.80. The minimum atomic E-state index is 0.403. The molecule has 1 aliphatic rings. The van der Waals surface area contributed by atoms with E-state index in [1.54, 1.807) is 0 Å². The Labute approximate surface area is 186 Å². The van der Waals surface area contributed by atoms with Crippen LogP contribution >= 0.6 is 0 Å². The molecule has 4 heteroatoms. The van der Waals surface area contributed by atoms with Crippen molar-refractivity contribution in [1.82, 2.24) is 15.0 Å². The van der Waals surface area contributed by atoms with E-state index in [0.29, 0.717) is 5.92 Å². The van der Waals surface area contributed by atoms with Crippen LogP contribution in [0.3, 0.4) is 0 Å². The summed E-state index contributed by atoms with van der Waals surface area (Å²) in [6.45, 7) is 10.9. The Morgan fingerprint density at radius 3 is 2.42 bits per heavy atom. The molecule has 0 radical (unpaired) electrons. The predicted molar refractivity (Wildman–Crippen MR) is 130 cm³/mol. The maximum atomic E-state index is 4.92. The van der Waals surface area contributed by atoms with Gasteiger partial charge in [0.15, 0.2) is 0 Å². The maximum absolute atomic E-state index is 4.92. The Balaban J connectivity index is 1.75. The zero-order valence-corrected chi connectivity index (χ0v) is 19.4. The molecule has 0 N–H and O–H groups in total. The van der Waals surface area contributed by atoms with Crippen molar-refractivity contribution < 1.29 is 0 Å². The summed E-state index contributed by atoms with van der Waals surface area (Å²) in [4.78, 5) is 16.7. The third-order valence-corrected chi connectivity index (χ3v) is 6.23. The molecule has 3 aromatic rings. The fourth-order valence-electron chi connectivity index (χ4n) is 4.39. The number of rotatable bonds is 6. The fraction of sp³-hybridized carbons (Fsp3) is 0.444. The normalized spacial score (nSPS) is 14.3. The van der Waals surface area contributed by atoms with Crippen molar-refractivity contribution in [2.24, 2.45) is 0 Å². The van der Waals surface area contributed by atoms with E-state index in [1.807, 2.05) is 18.6 Å². The summed E-state index contributed by atoms with van der Waals surface area (Å²) < 4.78 is 0. The molecule has 3 aromatic heterocycles. The summed E-state index contributed by atoms with van der Waals surface area (Å²) in [6.07, 6.45) is 11.9. The summed E-state index contributed by atoms with van der Waals surface area (Å²) >= 11 is 0. The Morgan fingerprint density at radius 2 is 1.68 bits per heavy atom. The first-order valence-electron chi connectivity index (χ1n) is 11.7. The Bertz CT molecular complexity index is 1040. The van der Waals surface area contributed by atoms with Crippen LogP contribution in [0.15, 0.2) is 42.9 Å². The van der Waals surface area contributed by atoms with E-state index in [2.05, 4.69) is 61.8 Å². The zero-order valence-electron chi connectivity index (χ0n) is 19.4. The molecule has 1 aliphatic heterocycles. The predicted octanol–water partition coefficient (Wildman–Crippen LogP) is 6.58. The highest BCUT2D eigenvalue weighted by Gasteiger charge is 2.17. The van der Waals surface area contributed by atoms with Gasteiger partial charge in [-0.25, -0.2) is 0 Å². The molecule has 31 heavy (non-hydrogen) atoms. The van der Waals surface area contributed by atoms with Gasteiger partial charge in [-0.15, -0.1) is 0 Å². The van der Waals surface area contributed by atoms with E-state index in [9.17, 15) is 0 Å². The quantitative estimate of drug-likeness (QED) is 0.457. The minimum Gasteiger partial charge on any atom is -0.370 e. The smallest absolute Gasteiger partial charge is 0.0637 e. The first-order chi connectivity index (χ1) is 15.1. The number of pyridine rings is 3. The van der Waals surface area contributed by atoms with Crippen molar-refractivity contribution in [3.05, 3.63) is 59.9 Å². The van der Waals surface area contributed by atoms with Crippen LogP contribution in [0.2, 0.25) is 0 Å². The van der Waals surface area contributed by atoms with E-state index in [1.165, 1.54) is 36.2 Å². The molecule has 0 bridgehead atoms. The van der Waals surface area contributed by atoms with Gasteiger partial charge in [0.1, 0.15) is 0 Å². The van der Waals surface area contributed by atoms with E-state index in [0.717, 1.165) is 54.0 Å². The van der Waals surface area contributed by atoms with E-state index < -0.39 is 0 Å². The highest BCUT2D eigenvalue weighted by Crippen LogP contribution is 2.33. The molecule has 4 rings (SSSR count). The van der Waals surface area contributed by atoms with Crippen molar-refractivity contribution in [3.63, 3.8) is 0 Å². The number of aryl methyl sites for hydroxylation is 2. The van der Waals surface area contributed by atoms with Crippen LogP contribution in [-0.2, 0) is 6.42 Å². The van der Waals surface area contributed by atoms with Gasteiger partial charge >= 0.3 is 0 Å². The fourth-order valence-corrected chi connectivity index (χ4v) is 4.39. The van der Waals surface area contributed by atoms with E-state index in [-0.39, 0.29) is 0 Å². The molecule has 0 saturated carbocycles. The third kappa shape index (κ3) is 4.79. The van der Waals surface area contributed by atoms with Crippen LogP contribution in [-0.4, -0.2) is 28.0 Å². The number of piperidine rings is 1. The molecule has 4 heterocycles. The van der Waals surface area contributed by atoms with Crippen LogP contribution in [0.1, 0.15) is 69.5 Å². The topological polar surface area (TPSA) is 41.9 Å². The summed E-state index contributed by atoms with van der Waals surface area (Å²) in [5.41, 5.74) is 9.30. The van der Waals surface area contributed by atoms with Gasteiger partial charge in [0.2, 0.25) is 0 Å². The molecule has 162 valence electrons. The highest BCUT2D eigenvalue weighted by molar-refractivity contribution is 5.76. The second kappa shape index (κ2) is 9.59. The summed E-state index contributed by atoms with van der Waals surface area (Å²) in [5.74, 6) is 0.403. The number of hydrogen-bond donors (Lipinski definition) is 0. The Kier molecular flexibility index (Phi) is 6.64. The minimum absolute atomic E-state index is 0.403. The molecule has 1 saturated heterocycles. The van der Waals surface area contributed by atoms with Crippen molar-refractivity contribution in [3.8, 4) is 22.3 Å². The monoisotopic (exact) mass is 414 g/mol. The lowest BCUT2D eigenvalue weighted by molar-refractivity contribution is 0.575. The molecule has 0 aromatic carbocycles. The van der Waals surface area contributed by atoms with E-state index in [4.69, 9.17) is 9.97 Å². The molecule has 0 aliphatic carbocycles. The summed E-state index contributed by atoms with van der Waals surface area (Å²) in [6, 6.07) is 8.87. The first kappa shape index (κ1) is 21.5. The second-order valence-electron chi connectivity index (χ2n) is 8.97. The van der Waals surface area contributed by atoms with E-state index >= 15 is 0 Å². The van der Waals surface area contributed by atoms with Crippen LogP contribution in [0.4, 0.5) is 5.69 Å². The molecule has 0 spiro atoms. The Morgan fingerprint density at radius 1 is 0.903 bits per heavy atom. The first-order valence-corrected chi connectivity index (χ1v) is 11.7. The van der Waals surface area contributed by atoms with Crippen LogP contribution < -0.4 is 4.90 Å². The molecule has 0 amide bonds. The molecular formula is C27H34N4. The highest BCUT2D eigenvalue weighted by atomic mass is 15.1. The van der Waals surface area contributed by atoms with Gasteiger partial charge in [-0.3, -0.25) is 15.0 Å². The standard InChI is InChI=1S/C27H34N4/c1-5-9-25-27(31-12-7-6-8-13-31)16-23(18-30-25)24-14-22(17-29-20(24)4)21-10-11-28-26(15-21)19(2)3/h10-11,14-19H,5-9,12-13H2,1-4H3. The van der Waals surface area contributed by atoms with Gasteiger partial charge in [-0.2, -0.15) is 0 Å². The van der Waals surface area contributed by atoms with Crippen molar-refractivity contribution in [2.75, 3.05) is 18.0 Å². The summed E-state index contributed by atoms with van der Waals surface area (Å²) in [5, 5.41) is 0. The summed E-state index contributed by atoms with van der Waals surface area (Å²) in [7, 11) is 0. The van der Waals surface area contributed by atoms with Gasteiger partial charge in [0.25, 0.3) is 0 Å². The van der Waals surface area contributed by atoms with Crippen molar-refractivity contribution in [1.29, 1.82) is 0 Å². The SMILES string of the molecule is CCCc1ncc(-c2cc(-c3ccnc(C(C)C)c3)cnc2C)cc1N1CCCCC1. The largest absolute Gasteiger partial charge is 0.370 e. The zero-order chi connectivity index (χ0) is 21.8. The van der Waals surface area contributed by atoms with Gasteiger partial charge < -0.3 is 4.90 Å². The number of anilines is 1. The van der Waals surface area contributed by atoms with Gasteiger partial charge in [0, 0.05) is 59.8 Å². The lowest BCUT2D eigenvalue weighted by atomic mass is 9.98. The lowest BCUT2D eigenvalue weighted by Gasteiger charge is -2.30. The number of aromatic nitrogens is 3. The molecule has 0 unspecified atom stereocenters. The number of hydrogen-bond acceptors (Lipinski definition) is 4. The average molecular weight is 415 g/mol. The van der Waals surface area contributed by atoms with Gasteiger partial charge in [-0.1, -0.05) is 27.2 Å².